The lowest BCUT2D eigenvalue weighted by atomic mass is 10.2. The topological polar surface area (TPSA) is 114 Å². The van der Waals surface area contributed by atoms with Crippen LogP contribution < -0.4 is 16.8 Å². The first-order valence-corrected chi connectivity index (χ1v) is 4.69. The van der Waals surface area contributed by atoms with Crippen molar-refractivity contribution in [2.45, 2.75) is 18.9 Å². The third-order valence-corrected chi connectivity index (χ3v) is 1.65. The normalized spacial score (nSPS) is 11.5. The zero-order valence-electron chi connectivity index (χ0n) is 8.66. The molecule has 6 N–H and O–H groups in total. The molecule has 0 bridgehead atoms. The average molecular weight is 214 g/mol. The number of esters is 1. The van der Waals surface area contributed by atoms with E-state index in [-0.39, 0.29) is 12.6 Å². The molecule has 0 saturated carbocycles. The zero-order chi connectivity index (χ0) is 11.7. The van der Waals surface area contributed by atoms with Crippen LogP contribution >= 0.6 is 0 Å². The molecule has 86 valence electrons. The van der Waals surface area contributed by atoms with Crippen molar-refractivity contribution in [2.24, 2.45) is 11.5 Å². The summed E-state index contributed by atoms with van der Waals surface area (Å²) in [5.41, 5.74) is 10.6. The molecular formula is C9H18N4O2. The minimum atomic E-state index is -0.626. The molecule has 0 amide bonds. The van der Waals surface area contributed by atoms with Gasteiger partial charge in [-0.2, -0.15) is 0 Å². The fourth-order valence-corrected chi connectivity index (χ4v) is 0.911. The van der Waals surface area contributed by atoms with Crippen LogP contribution in [0.25, 0.3) is 0 Å². The Bertz CT molecular complexity index is 230. The van der Waals surface area contributed by atoms with Crippen molar-refractivity contribution in [1.29, 1.82) is 5.41 Å². The molecule has 0 spiro atoms. The first kappa shape index (κ1) is 13.4. The van der Waals surface area contributed by atoms with Gasteiger partial charge < -0.3 is 21.5 Å². The van der Waals surface area contributed by atoms with E-state index in [1.807, 2.05) is 0 Å². The van der Waals surface area contributed by atoms with Crippen molar-refractivity contribution in [1.82, 2.24) is 5.32 Å². The molecule has 0 radical (unpaired) electrons. The summed E-state index contributed by atoms with van der Waals surface area (Å²) < 4.78 is 4.76. The Labute approximate surface area is 89.2 Å². The van der Waals surface area contributed by atoms with Crippen molar-refractivity contribution in [2.75, 3.05) is 13.2 Å². The molecule has 0 aromatic carbocycles. The lowest BCUT2D eigenvalue weighted by Gasteiger charge is -2.10. The second-order valence-corrected chi connectivity index (χ2v) is 3.01. The van der Waals surface area contributed by atoms with Crippen LogP contribution in [0.3, 0.4) is 0 Å². The number of guanidine groups is 1. The number of ether oxygens (including phenoxy) is 1. The Morgan fingerprint density at radius 3 is 2.87 bits per heavy atom. The van der Waals surface area contributed by atoms with Gasteiger partial charge in [-0.1, -0.05) is 12.7 Å². The molecule has 0 aliphatic rings. The molecular weight excluding hydrogens is 196 g/mol. The fourth-order valence-electron chi connectivity index (χ4n) is 0.911. The van der Waals surface area contributed by atoms with E-state index in [9.17, 15) is 4.79 Å². The minimum Gasteiger partial charge on any atom is -0.460 e. The summed E-state index contributed by atoms with van der Waals surface area (Å²) in [4.78, 5) is 11.1. The van der Waals surface area contributed by atoms with Gasteiger partial charge in [-0.3, -0.25) is 10.2 Å². The number of hydrogen-bond donors (Lipinski definition) is 4. The second-order valence-electron chi connectivity index (χ2n) is 3.01. The van der Waals surface area contributed by atoms with E-state index in [4.69, 9.17) is 21.6 Å². The van der Waals surface area contributed by atoms with Crippen molar-refractivity contribution in [3.63, 3.8) is 0 Å². The van der Waals surface area contributed by atoms with E-state index >= 15 is 0 Å². The maximum Gasteiger partial charge on any atom is 0.323 e. The summed E-state index contributed by atoms with van der Waals surface area (Å²) in [6.07, 6.45) is 2.64. The Morgan fingerprint density at radius 2 is 2.33 bits per heavy atom. The number of nitrogens with one attached hydrogen (secondary N) is 2. The first-order chi connectivity index (χ1) is 7.07. The fraction of sp³-hybridized carbons (Fsp3) is 0.556. The number of rotatable bonds is 7. The molecule has 0 rings (SSSR count). The quantitative estimate of drug-likeness (QED) is 0.147. The van der Waals surface area contributed by atoms with Gasteiger partial charge in [0.25, 0.3) is 0 Å². The summed E-state index contributed by atoms with van der Waals surface area (Å²) in [6.45, 7) is 4.13. The SMILES string of the molecule is C=CCOC(=O)[C@@H](N)CCCNC(=N)N. The van der Waals surface area contributed by atoms with Crippen LogP contribution in [-0.4, -0.2) is 31.1 Å². The van der Waals surface area contributed by atoms with Gasteiger partial charge in [0.15, 0.2) is 5.96 Å². The molecule has 6 heteroatoms. The maximum absolute atomic E-state index is 11.1. The number of nitrogens with two attached hydrogens (primary N) is 2. The summed E-state index contributed by atoms with van der Waals surface area (Å²) in [6, 6.07) is -0.626. The van der Waals surface area contributed by atoms with Crippen molar-refractivity contribution in [3.8, 4) is 0 Å². The van der Waals surface area contributed by atoms with E-state index < -0.39 is 12.0 Å². The second kappa shape index (κ2) is 7.81. The van der Waals surface area contributed by atoms with E-state index in [0.717, 1.165) is 0 Å². The van der Waals surface area contributed by atoms with Crippen LogP contribution in [0, 0.1) is 5.41 Å². The largest absolute Gasteiger partial charge is 0.460 e. The van der Waals surface area contributed by atoms with Crippen molar-refractivity contribution >= 4 is 11.9 Å². The van der Waals surface area contributed by atoms with Gasteiger partial charge >= 0.3 is 5.97 Å². The Kier molecular flexibility index (Phi) is 7.00. The average Bonchev–Trinajstić information content (AvgIpc) is 2.20. The lowest BCUT2D eigenvalue weighted by molar-refractivity contribution is -0.144. The minimum absolute atomic E-state index is 0.0854. The van der Waals surface area contributed by atoms with Crippen LogP contribution in [0.1, 0.15) is 12.8 Å². The smallest absolute Gasteiger partial charge is 0.323 e. The Balaban J connectivity index is 3.54. The molecule has 1 atom stereocenters. The molecule has 6 nitrogen and oxygen atoms in total. The standard InChI is InChI=1S/C9H18N4O2/c1-2-6-15-8(14)7(10)4-3-5-13-9(11)12/h2,7H,1,3-6,10H2,(H4,11,12,13)/t7-/m0/s1. The maximum atomic E-state index is 11.1. The van der Waals surface area contributed by atoms with Gasteiger partial charge in [0.1, 0.15) is 12.6 Å². The molecule has 0 saturated heterocycles. The monoisotopic (exact) mass is 214 g/mol. The van der Waals surface area contributed by atoms with Crippen LogP contribution in [0.2, 0.25) is 0 Å². The summed E-state index contributed by atoms with van der Waals surface area (Å²) >= 11 is 0. The van der Waals surface area contributed by atoms with Crippen LogP contribution in [-0.2, 0) is 9.53 Å². The van der Waals surface area contributed by atoms with Gasteiger partial charge in [0, 0.05) is 6.54 Å². The summed E-state index contributed by atoms with van der Waals surface area (Å²) in [5, 5.41) is 9.51. The highest BCUT2D eigenvalue weighted by Gasteiger charge is 2.13. The van der Waals surface area contributed by atoms with Crippen LogP contribution in [0.5, 0.6) is 0 Å². The number of hydrogen-bond acceptors (Lipinski definition) is 4. The molecule has 0 unspecified atom stereocenters. The third-order valence-electron chi connectivity index (χ3n) is 1.65. The van der Waals surface area contributed by atoms with E-state index in [1.165, 1.54) is 6.08 Å². The highest BCUT2D eigenvalue weighted by atomic mass is 16.5. The Morgan fingerprint density at radius 1 is 1.67 bits per heavy atom. The van der Waals surface area contributed by atoms with Crippen LogP contribution in [0.15, 0.2) is 12.7 Å². The highest BCUT2D eigenvalue weighted by molar-refractivity contribution is 5.75. The van der Waals surface area contributed by atoms with Gasteiger partial charge in [0.05, 0.1) is 0 Å². The van der Waals surface area contributed by atoms with E-state index in [0.29, 0.717) is 19.4 Å². The zero-order valence-corrected chi connectivity index (χ0v) is 8.66. The molecule has 0 aromatic heterocycles. The number of carbonyl (C=O) groups excluding carboxylic acids is 1. The molecule has 0 heterocycles. The molecule has 0 aliphatic heterocycles. The number of carbonyl (C=O) groups is 1. The Hall–Kier alpha value is -1.56. The van der Waals surface area contributed by atoms with Crippen molar-refractivity contribution in [3.05, 3.63) is 12.7 Å². The molecule has 0 aliphatic carbocycles. The summed E-state index contributed by atoms with van der Waals surface area (Å²) in [5.74, 6) is -0.518. The third kappa shape index (κ3) is 7.51. The predicted molar refractivity (Wildman–Crippen MR) is 58.3 cm³/mol. The first-order valence-electron chi connectivity index (χ1n) is 4.69. The van der Waals surface area contributed by atoms with Gasteiger partial charge in [-0.15, -0.1) is 0 Å². The molecule has 0 aromatic rings. The lowest BCUT2D eigenvalue weighted by Crippen LogP contribution is -2.35. The van der Waals surface area contributed by atoms with Gasteiger partial charge in [0.2, 0.25) is 0 Å². The van der Waals surface area contributed by atoms with Gasteiger partial charge in [-0.05, 0) is 12.8 Å². The molecule has 0 fully saturated rings. The predicted octanol–water partition coefficient (Wildman–Crippen LogP) is -0.694. The van der Waals surface area contributed by atoms with Crippen LogP contribution in [0.4, 0.5) is 0 Å². The van der Waals surface area contributed by atoms with Crippen molar-refractivity contribution < 1.29 is 9.53 Å². The summed E-state index contributed by atoms with van der Waals surface area (Å²) in [7, 11) is 0. The van der Waals surface area contributed by atoms with E-state index in [1.54, 1.807) is 0 Å². The van der Waals surface area contributed by atoms with E-state index in [2.05, 4.69) is 11.9 Å². The highest BCUT2D eigenvalue weighted by Crippen LogP contribution is 1.96. The van der Waals surface area contributed by atoms with Gasteiger partial charge in [-0.25, -0.2) is 0 Å². The molecule has 15 heavy (non-hydrogen) atoms.